The maximum absolute atomic E-state index is 5.83. The summed E-state index contributed by atoms with van der Waals surface area (Å²) >= 11 is 14.8. The summed E-state index contributed by atoms with van der Waals surface area (Å²) in [5.41, 5.74) is 2.22. The molecule has 0 aliphatic carbocycles. The Hall–Kier alpha value is 0.280. The lowest BCUT2D eigenvalue weighted by Gasteiger charge is -2.00. The molecule has 0 bridgehead atoms. The van der Waals surface area contributed by atoms with Crippen molar-refractivity contribution >= 4 is 39.1 Å². The van der Waals surface area contributed by atoms with Crippen molar-refractivity contribution in [3.05, 3.63) is 34.3 Å². The van der Waals surface area contributed by atoms with Gasteiger partial charge in [-0.1, -0.05) is 33.6 Å². The molecular formula is C8H7BrCl2. The summed E-state index contributed by atoms with van der Waals surface area (Å²) in [6, 6.07) is 5.83. The molecule has 0 aromatic heterocycles. The van der Waals surface area contributed by atoms with Crippen LogP contribution < -0.4 is 0 Å². The average molecular weight is 254 g/mol. The molecule has 1 aromatic rings. The summed E-state index contributed by atoms with van der Waals surface area (Å²) in [5.74, 6) is 0.514. The number of alkyl halides is 2. The Kier molecular flexibility index (Phi) is 3.70. The third-order valence-corrected chi connectivity index (χ3v) is 2.50. The molecule has 0 heterocycles. The Labute approximate surface area is 84.6 Å². The summed E-state index contributed by atoms with van der Waals surface area (Å²) in [6.07, 6.45) is 0. The molecule has 11 heavy (non-hydrogen) atoms. The molecule has 0 spiro atoms. The molecule has 0 saturated heterocycles. The van der Waals surface area contributed by atoms with E-state index in [1.807, 2.05) is 18.2 Å². The van der Waals surface area contributed by atoms with Gasteiger partial charge in [0.05, 0.1) is 0 Å². The van der Waals surface area contributed by atoms with E-state index in [0.29, 0.717) is 5.88 Å². The van der Waals surface area contributed by atoms with Crippen molar-refractivity contribution in [3.63, 3.8) is 0 Å². The van der Waals surface area contributed by atoms with Gasteiger partial charge in [0.2, 0.25) is 0 Å². The molecule has 0 saturated carbocycles. The van der Waals surface area contributed by atoms with Gasteiger partial charge in [-0.2, -0.15) is 0 Å². The van der Waals surface area contributed by atoms with Crippen LogP contribution in [-0.2, 0) is 11.2 Å². The second kappa shape index (κ2) is 4.34. The quantitative estimate of drug-likeness (QED) is 0.700. The van der Waals surface area contributed by atoms with Crippen LogP contribution in [0, 0.1) is 0 Å². The fraction of sp³-hybridized carbons (Fsp3) is 0.250. The highest BCUT2D eigenvalue weighted by Crippen LogP contribution is 2.18. The van der Waals surface area contributed by atoms with Gasteiger partial charge in [0.1, 0.15) is 0 Å². The van der Waals surface area contributed by atoms with Gasteiger partial charge in [-0.05, 0) is 23.3 Å². The first-order valence-electron chi connectivity index (χ1n) is 3.16. The van der Waals surface area contributed by atoms with Crippen molar-refractivity contribution in [3.8, 4) is 0 Å². The molecule has 1 aromatic carbocycles. The van der Waals surface area contributed by atoms with E-state index in [4.69, 9.17) is 23.2 Å². The second-order valence-corrected chi connectivity index (χ2v) is 3.50. The second-order valence-electron chi connectivity index (χ2n) is 2.23. The molecule has 0 aliphatic heterocycles. The number of halogens is 3. The normalized spacial score (nSPS) is 10.1. The maximum atomic E-state index is 5.83. The van der Waals surface area contributed by atoms with Crippen LogP contribution in [0.4, 0.5) is 0 Å². The highest BCUT2D eigenvalue weighted by molar-refractivity contribution is 9.08. The molecule has 0 N–H and O–H groups in total. The predicted molar refractivity (Wildman–Crippen MR) is 53.6 cm³/mol. The summed E-state index contributed by atoms with van der Waals surface area (Å²) in [4.78, 5) is 0. The smallest absolute Gasteiger partial charge is 0.0474 e. The van der Waals surface area contributed by atoms with Crippen LogP contribution in [0.25, 0.3) is 0 Å². The molecule has 0 fully saturated rings. The number of rotatable bonds is 2. The molecule has 60 valence electrons. The van der Waals surface area contributed by atoms with Crippen molar-refractivity contribution < 1.29 is 0 Å². The lowest BCUT2D eigenvalue weighted by molar-refractivity contribution is 1.33. The lowest BCUT2D eigenvalue weighted by Crippen LogP contribution is -1.82. The Morgan fingerprint density at radius 2 is 1.82 bits per heavy atom. The molecule has 0 amide bonds. The van der Waals surface area contributed by atoms with E-state index in [1.165, 1.54) is 0 Å². The number of hydrogen-bond donors (Lipinski definition) is 0. The van der Waals surface area contributed by atoms with Crippen LogP contribution in [0.5, 0.6) is 0 Å². The maximum Gasteiger partial charge on any atom is 0.0474 e. The van der Waals surface area contributed by atoms with Crippen LogP contribution in [0.15, 0.2) is 18.2 Å². The minimum atomic E-state index is 0.514. The summed E-state index contributed by atoms with van der Waals surface area (Å²) in [7, 11) is 0. The topological polar surface area (TPSA) is 0 Å². The van der Waals surface area contributed by atoms with Gasteiger partial charge in [0.25, 0.3) is 0 Å². The molecule has 0 unspecified atom stereocenters. The van der Waals surface area contributed by atoms with E-state index in [2.05, 4.69) is 15.9 Å². The van der Waals surface area contributed by atoms with E-state index in [1.54, 1.807) is 0 Å². The SMILES string of the molecule is ClCc1cc(Cl)cc(CBr)c1. The van der Waals surface area contributed by atoms with E-state index < -0.39 is 0 Å². The summed E-state index contributed by atoms with van der Waals surface area (Å²) < 4.78 is 0. The Morgan fingerprint density at radius 1 is 1.18 bits per heavy atom. The van der Waals surface area contributed by atoms with Crippen LogP contribution in [0.2, 0.25) is 5.02 Å². The predicted octanol–water partition coefficient (Wildman–Crippen LogP) is 3.97. The molecule has 0 radical (unpaired) electrons. The molecule has 0 atom stereocenters. The lowest BCUT2D eigenvalue weighted by atomic mass is 10.2. The number of hydrogen-bond acceptors (Lipinski definition) is 0. The minimum Gasteiger partial charge on any atom is -0.122 e. The summed E-state index contributed by atoms with van der Waals surface area (Å²) in [5, 5.41) is 1.56. The van der Waals surface area contributed by atoms with Gasteiger partial charge < -0.3 is 0 Å². The molecule has 0 aliphatic rings. The fourth-order valence-corrected chi connectivity index (χ4v) is 1.63. The molecular weight excluding hydrogens is 247 g/mol. The first-order valence-corrected chi connectivity index (χ1v) is 5.20. The van der Waals surface area contributed by atoms with Gasteiger partial charge in [-0.25, -0.2) is 0 Å². The van der Waals surface area contributed by atoms with E-state index in [9.17, 15) is 0 Å². The zero-order valence-electron chi connectivity index (χ0n) is 5.78. The van der Waals surface area contributed by atoms with Gasteiger partial charge in [-0.15, -0.1) is 11.6 Å². The highest BCUT2D eigenvalue weighted by atomic mass is 79.9. The average Bonchev–Trinajstić information content (AvgIpc) is 2.03. The Balaban J connectivity index is 3.02. The first-order chi connectivity index (χ1) is 5.26. The molecule has 0 nitrogen and oxygen atoms in total. The molecule has 1 rings (SSSR count). The van der Waals surface area contributed by atoms with Crippen LogP contribution >= 0.6 is 39.1 Å². The fourth-order valence-electron chi connectivity index (χ4n) is 0.872. The third kappa shape index (κ3) is 2.66. The van der Waals surface area contributed by atoms with Crippen molar-refractivity contribution in [1.29, 1.82) is 0 Å². The van der Waals surface area contributed by atoms with E-state index >= 15 is 0 Å². The minimum absolute atomic E-state index is 0.514. The van der Waals surface area contributed by atoms with Crippen LogP contribution in [-0.4, -0.2) is 0 Å². The largest absolute Gasteiger partial charge is 0.122 e. The van der Waals surface area contributed by atoms with Crippen molar-refractivity contribution in [1.82, 2.24) is 0 Å². The Morgan fingerprint density at radius 3 is 2.36 bits per heavy atom. The van der Waals surface area contributed by atoms with Gasteiger partial charge in [0.15, 0.2) is 0 Å². The third-order valence-electron chi connectivity index (χ3n) is 1.33. The van der Waals surface area contributed by atoms with Crippen LogP contribution in [0.1, 0.15) is 11.1 Å². The van der Waals surface area contributed by atoms with Crippen molar-refractivity contribution in [2.75, 3.05) is 0 Å². The van der Waals surface area contributed by atoms with Gasteiger partial charge >= 0.3 is 0 Å². The van der Waals surface area contributed by atoms with Crippen LogP contribution in [0.3, 0.4) is 0 Å². The van der Waals surface area contributed by atoms with Gasteiger partial charge in [0, 0.05) is 16.2 Å². The first kappa shape index (κ1) is 9.37. The van der Waals surface area contributed by atoms with Crippen molar-refractivity contribution in [2.24, 2.45) is 0 Å². The van der Waals surface area contributed by atoms with E-state index in [-0.39, 0.29) is 0 Å². The summed E-state index contributed by atoms with van der Waals surface area (Å²) in [6.45, 7) is 0. The standard InChI is InChI=1S/C8H7BrCl2/c9-4-6-1-7(5-10)3-8(11)2-6/h1-3H,4-5H2. The highest BCUT2D eigenvalue weighted by Gasteiger charge is 1.96. The zero-order chi connectivity index (χ0) is 8.27. The van der Waals surface area contributed by atoms with Gasteiger partial charge in [-0.3, -0.25) is 0 Å². The number of benzene rings is 1. The van der Waals surface area contributed by atoms with Crippen molar-refractivity contribution in [2.45, 2.75) is 11.2 Å². The van der Waals surface area contributed by atoms with E-state index in [0.717, 1.165) is 21.5 Å². The Bertz CT molecular complexity index is 226. The monoisotopic (exact) mass is 252 g/mol. The zero-order valence-corrected chi connectivity index (χ0v) is 8.88. The molecule has 3 heteroatoms.